The van der Waals surface area contributed by atoms with Crippen molar-refractivity contribution >= 4 is 44.7 Å². The molecule has 0 radical (unpaired) electrons. The molecule has 0 aliphatic heterocycles. The molecule has 0 N–H and O–H groups in total. The van der Waals surface area contributed by atoms with E-state index in [2.05, 4.69) is 15.9 Å². The first-order valence-electron chi connectivity index (χ1n) is 6.46. The van der Waals surface area contributed by atoms with E-state index in [1.54, 1.807) is 18.2 Å². The van der Waals surface area contributed by atoms with Gasteiger partial charge in [-0.2, -0.15) is 0 Å². The monoisotopic (exact) mass is 388 g/mol. The highest BCUT2D eigenvalue weighted by atomic mass is 79.9. The van der Waals surface area contributed by atoms with Crippen LogP contribution < -0.4 is 9.47 Å². The van der Waals surface area contributed by atoms with Crippen LogP contribution in [0.1, 0.15) is 29.1 Å². The molecule has 1 aromatic carbocycles. The van der Waals surface area contributed by atoms with Crippen molar-refractivity contribution in [2.45, 2.75) is 13.8 Å². The first kappa shape index (κ1) is 16.3. The van der Waals surface area contributed by atoms with E-state index in [4.69, 9.17) is 21.1 Å². The summed E-state index contributed by atoms with van der Waals surface area (Å²) in [4.78, 5) is 13.1. The topological polar surface area (TPSA) is 35.5 Å². The Morgan fingerprint density at radius 1 is 1.19 bits per heavy atom. The Hall–Kier alpha value is -1.04. The molecule has 3 nitrogen and oxygen atoms in total. The average Bonchev–Trinajstić information content (AvgIpc) is 2.88. The molecule has 0 spiro atoms. The summed E-state index contributed by atoms with van der Waals surface area (Å²) in [5.41, 5.74) is 0.415. The van der Waals surface area contributed by atoms with E-state index in [1.165, 1.54) is 11.3 Å². The van der Waals surface area contributed by atoms with E-state index < -0.39 is 0 Å². The number of carbonyl (C=O) groups is 1. The molecule has 21 heavy (non-hydrogen) atoms. The van der Waals surface area contributed by atoms with Crippen LogP contribution in [0.3, 0.4) is 0 Å². The third kappa shape index (κ3) is 3.78. The Morgan fingerprint density at radius 3 is 2.33 bits per heavy atom. The zero-order valence-corrected chi connectivity index (χ0v) is 14.8. The van der Waals surface area contributed by atoms with Crippen molar-refractivity contribution < 1.29 is 14.3 Å². The Balaban J connectivity index is 2.43. The molecule has 2 rings (SSSR count). The lowest BCUT2D eigenvalue weighted by atomic mass is 10.1. The number of rotatable bonds is 6. The highest BCUT2D eigenvalue weighted by molar-refractivity contribution is 9.11. The summed E-state index contributed by atoms with van der Waals surface area (Å²) < 4.78 is 11.9. The summed E-state index contributed by atoms with van der Waals surface area (Å²) in [6.45, 7) is 4.75. The number of hydrogen-bond acceptors (Lipinski definition) is 4. The van der Waals surface area contributed by atoms with Crippen molar-refractivity contribution in [3.63, 3.8) is 0 Å². The van der Waals surface area contributed by atoms with Gasteiger partial charge in [-0.05, 0) is 48.0 Å². The number of thiophene rings is 1. The average molecular weight is 390 g/mol. The van der Waals surface area contributed by atoms with Gasteiger partial charge >= 0.3 is 0 Å². The highest BCUT2D eigenvalue weighted by Crippen LogP contribution is 2.35. The van der Waals surface area contributed by atoms with Gasteiger partial charge in [0, 0.05) is 11.6 Å². The molecule has 0 fully saturated rings. The maximum absolute atomic E-state index is 12.5. The van der Waals surface area contributed by atoms with Crippen LogP contribution in [0.4, 0.5) is 0 Å². The second-order valence-electron chi connectivity index (χ2n) is 4.08. The Kier molecular flexibility index (Phi) is 5.67. The summed E-state index contributed by atoms with van der Waals surface area (Å²) in [5, 5.41) is 0.358. The molecule has 1 aromatic heterocycles. The quantitative estimate of drug-likeness (QED) is 0.638. The van der Waals surface area contributed by atoms with Crippen molar-refractivity contribution in [1.29, 1.82) is 0 Å². The molecule has 0 saturated carbocycles. The maximum atomic E-state index is 12.5. The van der Waals surface area contributed by atoms with Gasteiger partial charge in [0.1, 0.15) is 0 Å². The van der Waals surface area contributed by atoms with Gasteiger partial charge in [-0.25, -0.2) is 0 Å². The van der Waals surface area contributed by atoms with Crippen LogP contribution in [0.25, 0.3) is 0 Å². The lowest BCUT2D eigenvalue weighted by Gasteiger charge is -2.13. The molecule has 0 aliphatic rings. The zero-order chi connectivity index (χ0) is 15.4. The molecule has 0 atom stereocenters. The Morgan fingerprint density at radius 2 is 1.81 bits per heavy atom. The summed E-state index contributed by atoms with van der Waals surface area (Å²) in [6.07, 6.45) is 0. The number of ether oxygens (including phenoxy) is 2. The zero-order valence-electron chi connectivity index (χ0n) is 11.6. The predicted octanol–water partition coefficient (Wildman–Crippen LogP) is 5.19. The minimum atomic E-state index is -0.125. The van der Waals surface area contributed by atoms with Crippen LogP contribution in [-0.4, -0.2) is 19.0 Å². The highest BCUT2D eigenvalue weighted by Gasteiger charge is 2.19. The number of ketones is 1. The number of hydrogen-bond donors (Lipinski definition) is 0. The Bertz CT molecular complexity index is 654. The lowest BCUT2D eigenvalue weighted by molar-refractivity contribution is 0.104. The molecular weight excluding hydrogens is 376 g/mol. The Labute approximate surface area is 141 Å². The van der Waals surface area contributed by atoms with E-state index in [9.17, 15) is 4.79 Å². The summed E-state index contributed by atoms with van der Waals surface area (Å²) in [6, 6.07) is 6.88. The molecule has 112 valence electrons. The fourth-order valence-corrected chi connectivity index (χ4v) is 3.39. The van der Waals surface area contributed by atoms with Gasteiger partial charge in [0.05, 0.1) is 26.9 Å². The minimum Gasteiger partial charge on any atom is -0.490 e. The molecule has 6 heteroatoms. The first-order chi connectivity index (χ1) is 10.1. The fourth-order valence-electron chi connectivity index (χ4n) is 1.81. The van der Waals surface area contributed by atoms with Gasteiger partial charge in [-0.15, -0.1) is 11.3 Å². The SMILES string of the molecule is CCOc1cc(Cl)c(C(=O)c2ccc(Br)s2)cc1OCC. The number of carbonyl (C=O) groups excluding carboxylic acids is 1. The van der Waals surface area contributed by atoms with Gasteiger partial charge in [-0.3, -0.25) is 4.79 Å². The van der Waals surface area contributed by atoms with E-state index in [1.807, 2.05) is 19.9 Å². The van der Waals surface area contributed by atoms with E-state index in [-0.39, 0.29) is 5.78 Å². The standard InChI is InChI=1S/C15H14BrClO3S/c1-3-19-11-7-9(10(17)8-12(11)20-4-2)15(18)13-5-6-14(16)21-13/h5-8H,3-4H2,1-2H3. The second kappa shape index (κ2) is 7.29. The summed E-state index contributed by atoms with van der Waals surface area (Å²) in [7, 11) is 0. The summed E-state index contributed by atoms with van der Waals surface area (Å²) >= 11 is 10.9. The van der Waals surface area contributed by atoms with Crippen molar-refractivity contribution in [2.24, 2.45) is 0 Å². The second-order valence-corrected chi connectivity index (χ2v) is 6.95. The molecule has 0 amide bonds. The number of benzene rings is 1. The fraction of sp³-hybridized carbons (Fsp3) is 0.267. The van der Waals surface area contributed by atoms with Crippen molar-refractivity contribution in [2.75, 3.05) is 13.2 Å². The third-order valence-corrected chi connectivity index (χ3v) is 4.61. The summed E-state index contributed by atoms with van der Waals surface area (Å²) in [5.74, 6) is 0.954. The van der Waals surface area contributed by atoms with Crippen LogP contribution in [0.5, 0.6) is 11.5 Å². The van der Waals surface area contributed by atoms with Crippen LogP contribution in [0, 0.1) is 0 Å². The third-order valence-electron chi connectivity index (χ3n) is 2.67. The smallest absolute Gasteiger partial charge is 0.204 e. The molecule has 0 aliphatic carbocycles. The van der Waals surface area contributed by atoms with Gasteiger partial charge in [0.15, 0.2) is 11.5 Å². The molecule has 0 unspecified atom stereocenters. The predicted molar refractivity (Wildman–Crippen MR) is 89.2 cm³/mol. The minimum absolute atomic E-state index is 0.125. The van der Waals surface area contributed by atoms with Crippen molar-refractivity contribution in [1.82, 2.24) is 0 Å². The van der Waals surface area contributed by atoms with E-state index in [0.29, 0.717) is 40.2 Å². The molecule has 0 bridgehead atoms. The normalized spacial score (nSPS) is 10.5. The van der Waals surface area contributed by atoms with Gasteiger partial charge < -0.3 is 9.47 Å². The largest absolute Gasteiger partial charge is 0.490 e. The van der Waals surface area contributed by atoms with Crippen LogP contribution in [0.2, 0.25) is 5.02 Å². The van der Waals surface area contributed by atoms with Gasteiger partial charge in [-0.1, -0.05) is 11.6 Å². The molecular formula is C15H14BrClO3S. The van der Waals surface area contributed by atoms with E-state index >= 15 is 0 Å². The van der Waals surface area contributed by atoms with Crippen molar-refractivity contribution in [3.05, 3.63) is 43.5 Å². The lowest BCUT2D eigenvalue weighted by Crippen LogP contribution is -2.04. The maximum Gasteiger partial charge on any atom is 0.204 e. The van der Waals surface area contributed by atoms with Gasteiger partial charge in [0.25, 0.3) is 0 Å². The molecule has 2 aromatic rings. The van der Waals surface area contributed by atoms with Gasteiger partial charge in [0.2, 0.25) is 5.78 Å². The van der Waals surface area contributed by atoms with Crippen LogP contribution >= 0.6 is 38.9 Å². The number of halogens is 2. The first-order valence-corrected chi connectivity index (χ1v) is 8.44. The van der Waals surface area contributed by atoms with E-state index in [0.717, 1.165) is 3.79 Å². The molecule has 0 saturated heterocycles. The molecule has 1 heterocycles. The van der Waals surface area contributed by atoms with Crippen molar-refractivity contribution in [3.8, 4) is 11.5 Å². The van der Waals surface area contributed by atoms with Crippen LogP contribution in [-0.2, 0) is 0 Å². The van der Waals surface area contributed by atoms with Crippen LogP contribution in [0.15, 0.2) is 28.1 Å².